The molecule has 0 N–H and O–H groups in total. The number of carboxylic acid groups (broad SMARTS) is 1. The number of carbonyl (C=O) groups is 1. The van der Waals surface area contributed by atoms with Crippen LogP contribution in [-0.4, -0.2) is 20.9 Å². The van der Waals surface area contributed by atoms with Gasteiger partial charge in [-0.2, -0.15) is 0 Å². The van der Waals surface area contributed by atoms with Crippen molar-refractivity contribution in [3.05, 3.63) is 139 Å². The normalized spacial score (nSPS) is 9.58. The minimum Gasteiger partial charge on any atom is -0.543 e. The van der Waals surface area contributed by atoms with Gasteiger partial charge in [0, 0.05) is 41.9 Å². The van der Waals surface area contributed by atoms with Crippen LogP contribution in [0.25, 0.3) is 22.5 Å². The van der Waals surface area contributed by atoms with Crippen molar-refractivity contribution in [3.8, 4) is 22.5 Å². The van der Waals surface area contributed by atoms with E-state index in [1.54, 1.807) is 60.9 Å². The Morgan fingerprint density at radius 2 is 1.05 bits per heavy atom. The Balaban J connectivity index is 0.000000203. The molecule has 2 aromatic carbocycles. The predicted molar refractivity (Wildman–Crippen MR) is 125 cm³/mol. The average Bonchev–Trinajstić information content (AvgIpc) is 2.90. The molecule has 0 aliphatic carbocycles. The second-order valence-electron chi connectivity index (χ2n) is 7.05. The number of benzene rings is 2. The van der Waals surface area contributed by atoms with Crippen molar-refractivity contribution in [1.82, 2.24) is 15.0 Å². The van der Waals surface area contributed by atoms with Gasteiger partial charge in [0.15, 0.2) is 0 Å². The number of halogens is 4. The van der Waals surface area contributed by atoms with E-state index >= 15 is 0 Å². The number of hydrogen-bond donors (Lipinski definition) is 0. The van der Waals surface area contributed by atoms with Gasteiger partial charge in [0.1, 0.15) is 0 Å². The van der Waals surface area contributed by atoms with Gasteiger partial charge in [0.05, 0.1) is 11.7 Å². The summed E-state index contributed by atoms with van der Waals surface area (Å²) in [5, 5.41) is 10.0. The van der Waals surface area contributed by atoms with E-state index in [1.165, 1.54) is 24.4 Å². The van der Waals surface area contributed by atoms with Gasteiger partial charge in [-0.15, -0.1) is 35.4 Å². The second-order valence-corrected chi connectivity index (χ2v) is 7.05. The van der Waals surface area contributed by atoms with E-state index in [1.807, 2.05) is 0 Å². The van der Waals surface area contributed by atoms with Crippen LogP contribution in [0, 0.1) is 35.4 Å². The molecule has 38 heavy (non-hydrogen) atoms. The summed E-state index contributed by atoms with van der Waals surface area (Å²) in [6, 6.07) is 23.7. The topological polar surface area (TPSA) is 78.8 Å². The van der Waals surface area contributed by atoms with Gasteiger partial charge in [0.2, 0.25) is 0 Å². The maximum atomic E-state index is 12.8. The van der Waals surface area contributed by atoms with Crippen molar-refractivity contribution in [2.75, 3.05) is 0 Å². The molecule has 0 atom stereocenters. The summed E-state index contributed by atoms with van der Waals surface area (Å²) >= 11 is 0. The van der Waals surface area contributed by atoms with Crippen LogP contribution in [0.3, 0.4) is 0 Å². The Labute approximate surface area is 229 Å². The van der Waals surface area contributed by atoms with Crippen molar-refractivity contribution >= 4 is 5.97 Å². The Bertz CT molecular complexity index is 1320. The maximum absolute atomic E-state index is 12.8. The summed E-state index contributed by atoms with van der Waals surface area (Å²) < 4.78 is 51.2. The molecule has 0 spiro atoms. The number of aromatic nitrogens is 3. The first-order chi connectivity index (χ1) is 17.8. The first-order valence-electron chi connectivity index (χ1n) is 10.5. The van der Waals surface area contributed by atoms with Crippen LogP contribution in [0.5, 0.6) is 0 Å². The molecule has 0 aliphatic rings. The van der Waals surface area contributed by atoms with Crippen molar-refractivity contribution < 1.29 is 47.6 Å². The standard InChI is InChI=1S/2C11H6F2N.C6H5NO2.Ir/c2*12-9-5-8(6-10(13)7-9)11-3-1-2-4-14-11;8-6(9)5-3-1-2-4-7-5;/h2*1-5,7H;1-4H,(H,8,9);/q2*-1;;+3/p-1. The molecule has 5 nitrogen and oxygen atoms in total. The second kappa shape index (κ2) is 15.1. The van der Waals surface area contributed by atoms with Gasteiger partial charge in [-0.3, -0.25) is 4.98 Å². The van der Waals surface area contributed by atoms with E-state index in [0.717, 1.165) is 12.1 Å². The third kappa shape index (κ3) is 9.65. The Hall–Kier alpha value is -4.27. The molecule has 0 saturated carbocycles. The molecule has 192 valence electrons. The third-order valence-corrected chi connectivity index (χ3v) is 4.36. The molecule has 3 aromatic heterocycles. The van der Waals surface area contributed by atoms with Crippen molar-refractivity contribution in [3.63, 3.8) is 0 Å². The van der Waals surface area contributed by atoms with Gasteiger partial charge < -0.3 is 19.9 Å². The molecule has 0 saturated heterocycles. The smallest absolute Gasteiger partial charge is 0.543 e. The Kier molecular flexibility index (Phi) is 11.9. The minimum absolute atomic E-state index is 0. The van der Waals surface area contributed by atoms with E-state index in [2.05, 4.69) is 27.1 Å². The van der Waals surface area contributed by atoms with Crippen LogP contribution in [0.1, 0.15) is 10.5 Å². The zero-order valence-corrected chi connectivity index (χ0v) is 21.6. The van der Waals surface area contributed by atoms with Crippen molar-refractivity contribution in [2.45, 2.75) is 0 Å². The fraction of sp³-hybridized carbons (Fsp3) is 0. The monoisotopic (exact) mass is 695 g/mol. The molecular weight excluding hydrogens is 679 g/mol. The summed E-state index contributed by atoms with van der Waals surface area (Å²) in [6.45, 7) is 0. The molecule has 3 heterocycles. The fourth-order valence-electron chi connectivity index (χ4n) is 2.81. The van der Waals surface area contributed by atoms with E-state index < -0.39 is 29.2 Å². The predicted octanol–water partition coefficient (Wildman–Crippen LogP) is 5.10. The zero-order valence-electron chi connectivity index (χ0n) is 19.2. The molecular formula is C28H16F4IrN3O2. The third-order valence-electron chi connectivity index (χ3n) is 4.36. The molecule has 10 heteroatoms. The molecule has 0 unspecified atom stereocenters. The van der Waals surface area contributed by atoms with Gasteiger partial charge in [0.25, 0.3) is 0 Å². The maximum Gasteiger partial charge on any atom is 3.00 e. The molecule has 0 amide bonds. The molecule has 0 fully saturated rings. The number of hydrogen-bond acceptors (Lipinski definition) is 5. The van der Waals surface area contributed by atoms with Gasteiger partial charge in [-0.25, -0.2) is 17.6 Å². The van der Waals surface area contributed by atoms with E-state index in [0.29, 0.717) is 22.5 Å². The molecule has 0 aliphatic heterocycles. The summed E-state index contributed by atoms with van der Waals surface area (Å²) in [5.74, 6) is -3.92. The molecule has 5 rings (SSSR count). The SMILES string of the molecule is Fc1[c-]c(-c2ccccn2)cc(F)c1.Fc1[c-]c(-c2ccccn2)cc(F)c1.O=C([O-])c1ccccn1.[Ir+3]. The number of aromatic carboxylic acids is 1. The van der Waals surface area contributed by atoms with Gasteiger partial charge in [-0.05, 0) is 35.7 Å². The van der Waals surface area contributed by atoms with E-state index in [9.17, 15) is 27.5 Å². The van der Waals surface area contributed by atoms with Crippen LogP contribution in [0.4, 0.5) is 17.6 Å². The van der Waals surface area contributed by atoms with Crippen LogP contribution in [0.2, 0.25) is 0 Å². The number of carboxylic acids is 1. The van der Waals surface area contributed by atoms with E-state index in [-0.39, 0.29) is 25.8 Å². The number of pyridine rings is 3. The van der Waals surface area contributed by atoms with Crippen LogP contribution in [0.15, 0.2) is 97.5 Å². The van der Waals surface area contributed by atoms with Crippen LogP contribution in [-0.2, 0) is 20.1 Å². The summed E-state index contributed by atoms with van der Waals surface area (Å²) in [4.78, 5) is 21.5. The largest absolute Gasteiger partial charge is 3.00 e. The van der Waals surface area contributed by atoms with Gasteiger partial charge in [-0.1, -0.05) is 42.5 Å². The number of carbonyl (C=O) groups excluding carboxylic acids is 1. The Morgan fingerprint density at radius 1 is 0.632 bits per heavy atom. The molecule has 0 radical (unpaired) electrons. The average molecular weight is 695 g/mol. The first kappa shape index (κ1) is 30.0. The summed E-state index contributed by atoms with van der Waals surface area (Å²) in [6.07, 6.45) is 4.53. The van der Waals surface area contributed by atoms with Gasteiger partial charge >= 0.3 is 20.1 Å². The number of rotatable bonds is 3. The summed E-state index contributed by atoms with van der Waals surface area (Å²) in [5.41, 5.74) is 1.63. The quantitative estimate of drug-likeness (QED) is 0.194. The first-order valence-corrected chi connectivity index (χ1v) is 10.5. The molecule has 5 aromatic rings. The molecule has 0 bridgehead atoms. The Morgan fingerprint density at radius 3 is 1.34 bits per heavy atom. The minimum atomic E-state index is -1.24. The fourth-order valence-corrected chi connectivity index (χ4v) is 2.81. The van der Waals surface area contributed by atoms with E-state index in [4.69, 9.17) is 0 Å². The van der Waals surface area contributed by atoms with Crippen molar-refractivity contribution in [2.24, 2.45) is 0 Å². The summed E-state index contributed by atoms with van der Waals surface area (Å²) in [7, 11) is 0. The van der Waals surface area contributed by atoms with Crippen LogP contribution < -0.4 is 5.11 Å². The van der Waals surface area contributed by atoms with Crippen LogP contribution >= 0.6 is 0 Å². The van der Waals surface area contributed by atoms with Crippen molar-refractivity contribution in [1.29, 1.82) is 0 Å². The number of nitrogens with zero attached hydrogens (tertiary/aromatic N) is 3. The zero-order chi connectivity index (χ0) is 26.6.